The first-order chi connectivity index (χ1) is 7.70. The van der Waals surface area contributed by atoms with Gasteiger partial charge in [0.05, 0.1) is 6.54 Å². The Kier molecular flexibility index (Phi) is 3.31. The summed E-state index contributed by atoms with van der Waals surface area (Å²) in [5.41, 5.74) is 0.495. The quantitative estimate of drug-likeness (QED) is 0.934. The molecule has 0 aliphatic rings. The van der Waals surface area contributed by atoms with Gasteiger partial charge in [-0.05, 0) is 18.2 Å². The van der Waals surface area contributed by atoms with E-state index in [1.165, 1.54) is 17.1 Å². The molecule has 0 saturated heterocycles. The molecule has 0 spiro atoms. The molecule has 0 atom stereocenters. The van der Waals surface area contributed by atoms with E-state index in [0.29, 0.717) is 11.4 Å². The van der Waals surface area contributed by atoms with E-state index < -0.39 is 0 Å². The summed E-state index contributed by atoms with van der Waals surface area (Å²) in [7, 11) is 0. The molecule has 84 valence electrons. The number of hydrogen-bond donors (Lipinski definition) is 1. The van der Waals surface area contributed by atoms with Crippen LogP contribution in [0.1, 0.15) is 11.4 Å². The van der Waals surface area contributed by atoms with E-state index in [1.54, 1.807) is 12.1 Å². The first-order valence-electron chi connectivity index (χ1n) is 4.62. The molecular weight excluding hydrogens is 277 g/mol. The Morgan fingerprint density at radius 3 is 3.00 bits per heavy atom. The second-order valence-corrected chi connectivity index (χ2v) is 4.14. The maximum Gasteiger partial charge on any atom is 0.152 e. The summed E-state index contributed by atoms with van der Waals surface area (Å²) in [5, 5.41) is 12.9. The van der Waals surface area contributed by atoms with Crippen LogP contribution < -0.4 is 0 Å². The Morgan fingerprint density at radius 2 is 2.25 bits per heavy atom. The topological polar surface area (TPSA) is 50.9 Å². The molecule has 0 saturated carbocycles. The van der Waals surface area contributed by atoms with Crippen LogP contribution in [0.3, 0.4) is 0 Å². The summed E-state index contributed by atoms with van der Waals surface area (Å²) in [4.78, 5) is 3.85. The van der Waals surface area contributed by atoms with Gasteiger partial charge in [-0.1, -0.05) is 15.9 Å². The molecule has 2 rings (SSSR count). The first kappa shape index (κ1) is 11.2. The van der Waals surface area contributed by atoms with E-state index in [0.717, 1.165) is 4.47 Å². The second kappa shape index (κ2) is 4.71. The Morgan fingerprint density at radius 1 is 1.44 bits per heavy atom. The normalized spacial score (nSPS) is 10.7. The highest BCUT2D eigenvalue weighted by Crippen LogP contribution is 2.16. The van der Waals surface area contributed by atoms with Crippen LogP contribution in [0.2, 0.25) is 0 Å². The van der Waals surface area contributed by atoms with Gasteiger partial charge in [-0.3, -0.25) is 0 Å². The third-order valence-electron chi connectivity index (χ3n) is 2.17. The average molecular weight is 286 g/mol. The number of aliphatic hydroxyl groups is 1. The summed E-state index contributed by atoms with van der Waals surface area (Å²) in [6, 6.07) is 4.69. The smallest absolute Gasteiger partial charge is 0.152 e. The Labute approximate surface area is 99.9 Å². The van der Waals surface area contributed by atoms with E-state index in [1.807, 2.05) is 0 Å². The van der Waals surface area contributed by atoms with Crippen LogP contribution in [0.5, 0.6) is 0 Å². The van der Waals surface area contributed by atoms with Crippen LogP contribution in [0.25, 0.3) is 0 Å². The van der Waals surface area contributed by atoms with Crippen molar-refractivity contribution in [3.05, 3.63) is 46.2 Å². The molecular formula is C10H9BrFN3O. The molecule has 0 aliphatic heterocycles. The van der Waals surface area contributed by atoms with E-state index in [9.17, 15) is 4.39 Å². The summed E-state index contributed by atoms with van der Waals surface area (Å²) in [6.45, 7) is 0.0385. The van der Waals surface area contributed by atoms with E-state index >= 15 is 0 Å². The van der Waals surface area contributed by atoms with Gasteiger partial charge in [0.1, 0.15) is 18.8 Å². The number of nitrogens with zero attached hydrogens (tertiary/aromatic N) is 3. The van der Waals surface area contributed by atoms with Crippen LogP contribution in [-0.4, -0.2) is 19.9 Å². The highest BCUT2D eigenvalue weighted by Gasteiger charge is 2.07. The van der Waals surface area contributed by atoms with Crippen molar-refractivity contribution in [2.45, 2.75) is 13.2 Å². The lowest BCUT2D eigenvalue weighted by Crippen LogP contribution is -2.08. The molecule has 2 aromatic rings. The predicted molar refractivity (Wildman–Crippen MR) is 59.1 cm³/mol. The maximum atomic E-state index is 13.5. The highest BCUT2D eigenvalue weighted by molar-refractivity contribution is 9.10. The van der Waals surface area contributed by atoms with Crippen LogP contribution in [0.4, 0.5) is 4.39 Å². The Balaban J connectivity index is 2.30. The van der Waals surface area contributed by atoms with Gasteiger partial charge in [-0.15, -0.1) is 0 Å². The molecule has 1 N–H and O–H groups in total. The molecule has 0 bridgehead atoms. The summed E-state index contributed by atoms with van der Waals surface area (Å²) < 4.78 is 15.7. The second-order valence-electron chi connectivity index (χ2n) is 3.23. The van der Waals surface area contributed by atoms with Crippen molar-refractivity contribution in [3.8, 4) is 0 Å². The molecule has 0 fully saturated rings. The molecule has 1 aromatic carbocycles. The lowest BCUT2D eigenvalue weighted by atomic mass is 10.2. The zero-order chi connectivity index (χ0) is 11.5. The molecule has 0 unspecified atom stereocenters. The van der Waals surface area contributed by atoms with Crippen molar-refractivity contribution in [1.82, 2.24) is 14.8 Å². The number of halogens is 2. The van der Waals surface area contributed by atoms with Gasteiger partial charge < -0.3 is 5.11 Å². The van der Waals surface area contributed by atoms with E-state index in [4.69, 9.17) is 5.11 Å². The van der Waals surface area contributed by atoms with Crippen molar-refractivity contribution in [2.24, 2.45) is 0 Å². The third-order valence-corrected chi connectivity index (χ3v) is 2.66. The Hall–Kier alpha value is -1.27. The fourth-order valence-electron chi connectivity index (χ4n) is 1.37. The molecule has 4 nitrogen and oxygen atoms in total. The zero-order valence-electron chi connectivity index (χ0n) is 8.27. The predicted octanol–water partition coefficient (Wildman–Crippen LogP) is 1.72. The van der Waals surface area contributed by atoms with Crippen LogP contribution in [0, 0.1) is 5.82 Å². The average Bonchev–Trinajstić information content (AvgIpc) is 2.71. The van der Waals surface area contributed by atoms with Crippen LogP contribution in [-0.2, 0) is 13.2 Å². The summed E-state index contributed by atoms with van der Waals surface area (Å²) in [5.74, 6) is 0.113. The third kappa shape index (κ3) is 2.28. The Bertz CT molecular complexity index is 501. The molecule has 0 radical (unpaired) electrons. The molecule has 1 aromatic heterocycles. The van der Waals surface area contributed by atoms with Crippen molar-refractivity contribution in [2.75, 3.05) is 0 Å². The standard InChI is InChI=1S/C10H9BrFN3O/c11-8-1-2-9(12)7(3-8)4-15-10(5-16)13-6-14-15/h1-3,6,16H,4-5H2. The fourth-order valence-corrected chi connectivity index (χ4v) is 1.78. The number of rotatable bonds is 3. The highest BCUT2D eigenvalue weighted by atomic mass is 79.9. The van der Waals surface area contributed by atoms with Gasteiger partial charge >= 0.3 is 0 Å². The van der Waals surface area contributed by atoms with E-state index in [-0.39, 0.29) is 19.0 Å². The minimum absolute atomic E-state index is 0.213. The van der Waals surface area contributed by atoms with Crippen molar-refractivity contribution >= 4 is 15.9 Å². The summed E-state index contributed by atoms with van der Waals surface area (Å²) >= 11 is 3.27. The van der Waals surface area contributed by atoms with Crippen LogP contribution in [0.15, 0.2) is 29.0 Å². The molecule has 1 heterocycles. The fraction of sp³-hybridized carbons (Fsp3) is 0.200. The lowest BCUT2D eigenvalue weighted by molar-refractivity contribution is 0.263. The molecule has 16 heavy (non-hydrogen) atoms. The van der Waals surface area contributed by atoms with Gasteiger partial charge in [-0.2, -0.15) is 5.10 Å². The number of benzene rings is 1. The van der Waals surface area contributed by atoms with Crippen molar-refractivity contribution in [1.29, 1.82) is 0 Å². The van der Waals surface area contributed by atoms with Crippen molar-refractivity contribution < 1.29 is 9.50 Å². The monoisotopic (exact) mass is 285 g/mol. The minimum Gasteiger partial charge on any atom is -0.388 e. The zero-order valence-corrected chi connectivity index (χ0v) is 9.85. The molecule has 0 aliphatic carbocycles. The lowest BCUT2D eigenvalue weighted by Gasteiger charge is -2.06. The number of hydrogen-bond acceptors (Lipinski definition) is 3. The van der Waals surface area contributed by atoms with Gasteiger partial charge in [0.25, 0.3) is 0 Å². The van der Waals surface area contributed by atoms with Gasteiger partial charge in [0.15, 0.2) is 5.82 Å². The molecule has 0 amide bonds. The first-order valence-corrected chi connectivity index (χ1v) is 5.41. The van der Waals surface area contributed by atoms with Crippen LogP contribution >= 0.6 is 15.9 Å². The number of aliphatic hydroxyl groups excluding tert-OH is 1. The maximum absolute atomic E-state index is 13.5. The van der Waals surface area contributed by atoms with E-state index in [2.05, 4.69) is 26.0 Å². The number of aromatic nitrogens is 3. The van der Waals surface area contributed by atoms with Gasteiger partial charge in [0.2, 0.25) is 0 Å². The summed E-state index contributed by atoms with van der Waals surface area (Å²) in [6.07, 6.45) is 1.33. The minimum atomic E-state index is -0.303. The largest absolute Gasteiger partial charge is 0.388 e. The molecule has 6 heteroatoms. The van der Waals surface area contributed by atoms with Gasteiger partial charge in [-0.25, -0.2) is 14.1 Å². The van der Waals surface area contributed by atoms with Gasteiger partial charge in [0, 0.05) is 10.0 Å². The van der Waals surface area contributed by atoms with Crippen molar-refractivity contribution in [3.63, 3.8) is 0 Å². The SMILES string of the molecule is OCc1ncnn1Cc1cc(Br)ccc1F.